The summed E-state index contributed by atoms with van der Waals surface area (Å²) < 4.78 is 0. The second-order valence-corrected chi connectivity index (χ2v) is 10.2. The molecule has 148 valence electrons. The number of hydrogen-bond acceptors (Lipinski definition) is 2. The van der Waals surface area contributed by atoms with Crippen molar-refractivity contribution < 1.29 is 0 Å². The Morgan fingerprint density at radius 1 is 0.778 bits per heavy atom. The van der Waals surface area contributed by atoms with Gasteiger partial charge in [0.1, 0.15) is 0 Å². The van der Waals surface area contributed by atoms with Crippen LogP contribution < -0.4 is 0 Å². The summed E-state index contributed by atoms with van der Waals surface area (Å²) >= 11 is 3.66. The zero-order valence-electron chi connectivity index (χ0n) is 17.7. The predicted octanol–water partition coefficient (Wildman–Crippen LogP) is 8.89. The maximum Gasteiger partial charge on any atom is 0.0493 e. The molecule has 2 atom stereocenters. The highest BCUT2D eigenvalue weighted by Crippen LogP contribution is 2.59. The molecule has 0 amide bonds. The number of fused-ring (bicyclic) bond motifs is 3. The lowest BCUT2D eigenvalue weighted by atomic mass is 9.66. The van der Waals surface area contributed by atoms with Gasteiger partial charge in [-0.3, -0.25) is 0 Å². The summed E-state index contributed by atoms with van der Waals surface area (Å²) in [7, 11) is 0. The summed E-state index contributed by atoms with van der Waals surface area (Å²) in [4.78, 5) is 3.01. The summed E-state index contributed by atoms with van der Waals surface area (Å²) in [5.41, 5.74) is 3.43. The van der Waals surface area contributed by atoms with Crippen molar-refractivity contribution in [2.45, 2.75) is 97.3 Å². The molecule has 0 fully saturated rings. The Morgan fingerprint density at radius 2 is 1.22 bits per heavy atom. The molecular weight excluding hydrogens is 364 g/mol. The molecule has 3 rings (SSSR count). The first-order valence-corrected chi connectivity index (χ1v) is 12.8. The van der Waals surface area contributed by atoms with E-state index in [4.69, 9.17) is 0 Å². The Balaban J connectivity index is 1.97. The summed E-state index contributed by atoms with van der Waals surface area (Å²) in [6.45, 7) is 9.46. The molecule has 0 spiro atoms. The summed E-state index contributed by atoms with van der Waals surface area (Å²) in [5, 5.41) is 6.98. The lowest BCUT2D eigenvalue weighted by molar-refractivity contribution is 0.266. The van der Waals surface area contributed by atoms with Gasteiger partial charge < -0.3 is 0 Å². The Kier molecular flexibility index (Phi) is 7.62. The van der Waals surface area contributed by atoms with Crippen molar-refractivity contribution >= 4 is 22.7 Å². The third kappa shape index (κ3) is 4.22. The fourth-order valence-corrected chi connectivity index (χ4v) is 7.10. The average molecular weight is 401 g/mol. The van der Waals surface area contributed by atoms with Crippen LogP contribution in [0.1, 0.15) is 103 Å². The minimum absolute atomic E-state index is 0.223. The van der Waals surface area contributed by atoms with Gasteiger partial charge >= 0.3 is 0 Å². The molecule has 0 saturated carbocycles. The maximum atomic E-state index is 3.49. The van der Waals surface area contributed by atoms with Crippen LogP contribution >= 0.6 is 22.7 Å². The molecule has 2 aromatic rings. The summed E-state index contributed by atoms with van der Waals surface area (Å²) in [6, 6.07) is 4.68. The number of hydrogen-bond donors (Lipinski definition) is 0. The van der Waals surface area contributed by atoms with Gasteiger partial charge in [0.2, 0.25) is 0 Å². The monoisotopic (exact) mass is 400 g/mol. The number of rotatable bonds is 12. The zero-order valence-corrected chi connectivity index (χ0v) is 19.3. The molecule has 0 nitrogen and oxygen atoms in total. The second kappa shape index (κ2) is 9.74. The normalized spacial score (nSPS) is 16.9. The van der Waals surface area contributed by atoms with Crippen molar-refractivity contribution in [3.05, 3.63) is 34.0 Å². The van der Waals surface area contributed by atoms with Crippen LogP contribution in [-0.2, 0) is 5.41 Å². The van der Waals surface area contributed by atoms with E-state index in [0.717, 1.165) is 11.8 Å². The third-order valence-corrected chi connectivity index (χ3v) is 8.67. The van der Waals surface area contributed by atoms with Gasteiger partial charge in [0, 0.05) is 25.9 Å². The molecule has 1 aliphatic rings. The molecule has 2 heterocycles. The van der Waals surface area contributed by atoms with Crippen LogP contribution in [0.5, 0.6) is 0 Å². The van der Waals surface area contributed by atoms with Crippen LogP contribution in [0.25, 0.3) is 9.75 Å². The van der Waals surface area contributed by atoms with E-state index in [1.165, 1.54) is 74.0 Å². The van der Waals surface area contributed by atoms with Gasteiger partial charge in [-0.05, 0) is 47.9 Å². The Hall–Kier alpha value is -0.600. The summed E-state index contributed by atoms with van der Waals surface area (Å²) in [6.07, 6.45) is 13.4. The molecule has 2 heteroatoms. The van der Waals surface area contributed by atoms with Crippen LogP contribution in [-0.4, -0.2) is 0 Å². The second-order valence-electron chi connectivity index (χ2n) is 8.54. The standard InChI is InChI=1S/C25H36S2/c1-5-9-11-19(7-3)17-25(18-20(8-4)12-10-6-2)21-13-15-26-23(21)24-22(25)14-16-27-24/h13-14,19-20H,5-12,17-18H2,1-4H3. The van der Waals surface area contributed by atoms with Gasteiger partial charge in [-0.25, -0.2) is 0 Å². The van der Waals surface area contributed by atoms with Gasteiger partial charge in [-0.2, -0.15) is 0 Å². The maximum absolute atomic E-state index is 3.49. The topological polar surface area (TPSA) is 0 Å². The van der Waals surface area contributed by atoms with Crippen molar-refractivity contribution in [2.75, 3.05) is 0 Å². The zero-order chi connectivity index (χ0) is 19.3. The van der Waals surface area contributed by atoms with E-state index >= 15 is 0 Å². The third-order valence-electron chi connectivity index (χ3n) is 6.82. The highest BCUT2D eigenvalue weighted by Gasteiger charge is 2.46. The lowest BCUT2D eigenvalue weighted by Crippen LogP contribution is -2.31. The van der Waals surface area contributed by atoms with Gasteiger partial charge in [-0.15, -0.1) is 22.7 Å². The molecule has 0 N–H and O–H groups in total. The fourth-order valence-electron chi connectivity index (χ4n) is 5.12. The van der Waals surface area contributed by atoms with Gasteiger partial charge in [0.25, 0.3) is 0 Å². The predicted molar refractivity (Wildman–Crippen MR) is 122 cm³/mol. The van der Waals surface area contributed by atoms with E-state index in [0.29, 0.717) is 0 Å². The van der Waals surface area contributed by atoms with Crippen LogP contribution in [0.2, 0.25) is 0 Å². The minimum atomic E-state index is 0.223. The molecule has 0 aromatic carbocycles. The van der Waals surface area contributed by atoms with E-state index in [1.54, 1.807) is 11.1 Å². The molecule has 0 aliphatic heterocycles. The molecule has 27 heavy (non-hydrogen) atoms. The van der Waals surface area contributed by atoms with Crippen LogP contribution in [0.4, 0.5) is 0 Å². The molecule has 2 aromatic heterocycles. The smallest absolute Gasteiger partial charge is 0.0493 e. The van der Waals surface area contributed by atoms with Gasteiger partial charge in [0.15, 0.2) is 0 Å². The van der Waals surface area contributed by atoms with Crippen LogP contribution in [0.3, 0.4) is 0 Å². The van der Waals surface area contributed by atoms with E-state index in [2.05, 4.69) is 50.6 Å². The highest BCUT2D eigenvalue weighted by atomic mass is 32.1. The van der Waals surface area contributed by atoms with E-state index in [9.17, 15) is 0 Å². The Bertz CT molecular complexity index is 633. The quantitative estimate of drug-likeness (QED) is 0.333. The number of unbranched alkanes of at least 4 members (excludes halogenated alkanes) is 2. The van der Waals surface area contributed by atoms with Crippen molar-refractivity contribution in [1.29, 1.82) is 0 Å². The van der Waals surface area contributed by atoms with Crippen molar-refractivity contribution in [1.82, 2.24) is 0 Å². The van der Waals surface area contributed by atoms with E-state index < -0.39 is 0 Å². The largest absolute Gasteiger partial charge is 0.133 e. The molecular formula is C25H36S2. The molecule has 0 saturated heterocycles. The van der Waals surface area contributed by atoms with Crippen molar-refractivity contribution in [3.63, 3.8) is 0 Å². The van der Waals surface area contributed by atoms with Crippen LogP contribution in [0.15, 0.2) is 12.1 Å². The SMILES string of the molecule is CCCCC(CC)CC1(CC(CC)CCCC)c2c[c]sc2-c2s[c]cc21. The molecule has 1 aliphatic carbocycles. The van der Waals surface area contributed by atoms with Crippen LogP contribution in [0, 0.1) is 22.6 Å². The fraction of sp³-hybridized carbons (Fsp3) is 0.680. The first-order chi connectivity index (χ1) is 13.2. The average Bonchev–Trinajstić information content (AvgIpc) is 3.39. The Labute approximate surface area is 175 Å². The number of thiophene rings is 2. The lowest BCUT2D eigenvalue weighted by Gasteiger charge is -2.37. The molecule has 2 radical (unpaired) electrons. The van der Waals surface area contributed by atoms with Crippen molar-refractivity contribution in [2.24, 2.45) is 11.8 Å². The van der Waals surface area contributed by atoms with E-state index in [1.807, 2.05) is 22.7 Å². The first-order valence-electron chi connectivity index (χ1n) is 11.2. The minimum Gasteiger partial charge on any atom is -0.133 e. The van der Waals surface area contributed by atoms with Gasteiger partial charge in [0.05, 0.1) is 0 Å². The van der Waals surface area contributed by atoms with E-state index in [-0.39, 0.29) is 5.41 Å². The Morgan fingerprint density at radius 3 is 1.59 bits per heavy atom. The first kappa shape index (κ1) is 21.1. The highest BCUT2D eigenvalue weighted by molar-refractivity contribution is 7.20. The van der Waals surface area contributed by atoms with Gasteiger partial charge in [-0.1, -0.05) is 79.1 Å². The molecule has 0 bridgehead atoms. The summed E-state index contributed by atoms with van der Waals surface area (Å²) in [5.74, 6) is 1.65. The van der Waals surface area contributed by atoms with Crippen molar-refractivity contribution in [3.8, 4) is 9.75 Å². The molecule has 2 unspecified atom stereocenters.